The number of carbonyl (C=O) groups is 2. The molecule has 3 rings (SSSR count). The number of benzene rings is 2. The van der Waals surface area contributed by atoms with Gasteiger partial charge in [0.2, 0.25) is 21.8 Å². The molecule has 2 amide bonds. The van der Waals surface area contributed by atoms with E-state index in [1.807, 2.05) is 6.92 Å². The molecule has 0 aromatic heterocycles. The third kappa shape index (κ3) is 8.51. The van der Waals surface area contributed by atoms with Crippen molar-refractivity contribution in [1.29, 1.82) is 0 Å². The van der Waals surface area contributed by atoms with Crippen molar-refractivity contribution in [2.24, 2.45) is 0 Å². The molecule has 2 aromatic carbocycles. The van der Waals surface area contributed by atoms with Crippen molar-refractivity contribution in [3.8, 4) is 0 Å². The molecule has 38 heavy (non-hydrogen) atoms. The molecule has 0 spiro atoms. The summed E-state index contributed by atoms with van der Waals surface area (Å²) in [5, 5.41) is 3.11. The minimum atomic E-state index is -3.67. The second-order valence-electron chi connectivity index (χ2n) is 9.83. The van der Waals surface area contributed by atoms with Gasteiger partial charge >= 0.3 is 0 Å². The topological polar surface area (TPSA) is 86.8 Å². The molecule has 1 aliphatic rings. The summed E-state index contributed by atoms with van der Waals surface area (Å²) in [5.74, 6) is -1.38. The molecule has 0 heterocycles. The molecule has 1 N–H and O–H groups in total. The Balaban J connectivity index is 1.74. The maximum absolute atomic E-state index is 13.5. The maximum atomic E-state index is 13.5. The molecule has 208 valence electrons. The number of sulfonamides is 1. The first-order chi connectivity index (χ1) is 18.1. The highest BCUT2D eigenvalue weighted by atomic mass is 32.2. The normalized spacial score (nSPS) is 15.1. The molecule has 1 saturated carbocycles. The van der Waals surface area contributed by atoms with Crippen molar-refractivity contribution in [3.05, 3.63) is 65.7 Å². The molecule has 1 unspecified atom stereocenters. The monoisotopic (exact) mass is 549 g/mol. The van der Waals surface area contributed by atoms with E-state index in [1.54, 1.807) is 12.1 Å². The molecular weight excluding hydrogens is 512 g/mol. The van der Waals surface area contributed by atoms with Crippen LogP contribution in [0.1, 0.15) is 63.9 Å². The minimum absolute atomic E-state index is 0.00161. The van der Waals surface area contributed by atoms with Gasteiger partial charge in [-0.3, -0.25) is 13.9 Å². The van der Waals surface area contributed by atoms with E-state index in [2.05, 4.69) is 5.32 Å². The maximum Gasteiger partial charge on any atom is 0.243 e. The predicted molar refractivity (Wildman–Crippen MR) is 144 cm³/mol. The molecule has 7 nitrogen and oxygen atoms in total. The second-order valence-corrected chi connectivity index (χ2v) is 11.7. The van der Waals surface area contributed by atoms with Crippen LogP contribution in [0, 0.1) is 11.6 Å². The molecule has 1 fully saturated rings. The third-order valence-electron chi connectivity index (χ3n) is 6.87. The number of hydrogen-bond acceptors (Lipinski definition) is 4. The SMILES string of the molecule is CCC(C(=O)NC1CCCCC1)N(Cc1ccc(F)cc1)C(=O)CCCN(c1ccc(F)cc1)S(C)(=O)=O. The molecule has 0 saturated heterocycles. The smallest absolute Gasteiger partial charge is 0.243 e. The average Bonchev–Trinajstić information content (AvgIpc) is 2.88. The van der Waals surface area contributed by atoms with Gasteiger partial charge in [-0.2, -0.15) is 0 Å². The van der Waals surface area contributed by atoms with Crippen molar-refractivity contribution < 1.29 is 26.8 Å². The molecule has 1 aliphatic carbocycles. The van der Waals surface area contributed by atoms with Gasteiger partial charge < -0.3 is 10.2 Å². The number of anilines is 1. The van der Waals surface area contributed by atoms with Crippen LogP contribution in [0.2, 0.25) is 0 Å². The lowest BCUT2D eigenvalue weighted by molar-refractivity contribution is -0.141. The summed E-state index contributed by atoms with van der Waals surface area (Å²) in [6.07, 6.45) is 6.76. The highest BCUT2D eigenvalue weighted by molar-refractivity contribution is 7.92. The van der Waals surface area contributed by atoms with Crippen molar-refractivity contribution in [2.75, 3.05) is 17.1 Å². The summed E-state index contributed by atoms with van der Waals surface area (Å²) in [6.45, 7) is 1.99. The quantitative estimate of drug-likeness (QED) is 0.413. The molecule has 0 radical (unpaired) electrons. The molecule has 10 heteroatoms. The Bertz CT molecular complexity index is 1170. The fourth-order valence-corrected chi connectivity index (χ4v) is 5.83. The fraction of sp³-hybridized carbons (Fsp3) is 0.500. The number of nitrogens with zero attached hydrogens (tertiary/aromatic N) is 2. The van der Waals surface area contributed by atoms with Crippen LogP contribution in [-0.2, 0) is 26.2 Å². The summed E-state index contributed by atoms with van der Waals surface area (Å²) in [7, 11) is -3.67. The Morgan fingerprint density at radius 3 is 2.11 bits per heavy atom. The second kappa shape index (κ2) is 13.7. The van der Waals surface area contributed by atoms with E-state index in [-0.39, 0.29) is 43.8 Å². The first-order valence-electron chi connectivity index (χ1n) is 13.2. The van der Waals surface area contributed by atoms with Crippen molar-refractivity contribution in [1.82, 2.24) is 10.2 Å². The Morgan fingerprint density at radius 2 is 1.55 bits per heavy atom. The van der Waals surface area contributed by atoms with Gasteiger partial charge in [-0.1, -0.05) is 38.3 Å². The van der Waals surface area contributed by atoms with Gasteiger partial charge in [0, 0.05) is 25.6 Å². The standard InChI is InChI=1S/C28H37F2N3O4S/c1-3-26(28(35)31-24-8-5-4-6-9-24)32(20-21-11-13-22(29)14-12-21)27(34)10-7-19-33(38(2,36)37)25-17-15-23(30)16-18-25/h11-18,24,26H,3-10,19-20H2,1-2H3,(H,31,35). The number of amides is 2. The van der Waals surface area contributed by atoms with Crippen LogP contribution in [0.3, 0.4) is 0 Å². The zero-order chi connectivity index (χ0) is 27.7. The first-order valence-corrected chi connectivity index (χ1v) is 15.0. The number of nitrogens with one attached hydrogen (secondary N) is 1. The number of halogens is 2. The molecular formula is C28H37F2N3O4S. The summed E-state index contributed by atoms with van der Waals surface area (Å²) in [5.41, 5.74) is 0.996. The lowest BCUT2D eigenvalue weighted by atomic mass is 9.95. The summed E-state index contributed by atoms with van der Waals surface area (Å²) in [4.78, 5) is 28.3. The summed E-state index contributed by atoms with van der Waals surface area (Å²) >= 11 is 0. The van der Waals surface area contributed by atoms with Crippen LogP contribution in [0.4, 0.5) is 14.5 Å². The molecule has 1 atom stereocenters. The van der Waals surface area contributed by atoms with E-state index >= 15 is 0 Å². The lowest BCUT2D eigenvalue weighted by Crippen LogP contribution is -2.51. The Hall–Kier alpha value is -3.01. The highest BCUT2D eigenvalue weighted by Crippen LogP contribution is 2.21. The molecule has 0 bridgehead atoms. The third-order valence-corrected chi connectivity index (χ3v) is 8.06. The largest absolute Gasteiger partial charge is 0.352 e. The van der Waals surface area contributed by atoms with E-state index in [4.69, 9.17) is 0 Å². The Morgan fingerprint density at radius 1 is 0.974 bits per heavy atom. The van der Waals surface area contributed by atoms with E-state index in [9.17, 15) is 26.8 Å². The first kappa shape index (κ1) is 29.5. The Kier molecular flexibility index (Phi) is 10.6. The zero-order valence-corrected chi connectivity index (χ0v) is 22.9. The van der Waals surface area contributed by atoms with Gasteiger partial charge in [0.25, 0.3) is 0 Å². The van der Waals surface area contributed by atoms with Gasteiger partial charge in [0.15, 0.2) is 0 Å². The highest BCUT2D eigenvalue weighted by Gasteiger charge is 2.30. The van der Waals surface area contributed by atoms with Gasteiger partial charge in [0.1, 0.15) is 17.7 Å². The number of carbonyl (C=O) groups excluding carboxylic acids is 2. The number of hydrogen-bond donors (Lipinski definition) is 1. The summed E-state index contributed by atoms with van der Waals surface area (Å²) < 4.78 is 52.7. The van der Waals surface area contributed by atoms with Crippen LogP contribution in [-0.4, -0.2) is 50.0 Å². The van der Waals surface area contributed by atoms with Gasteiger partial charge in [-0.25, -0.2) is 17.2 Å². The Labute approximate surface area is 224 Å². The van der Waals surface area contributed by atoms with Gasteiger partial charge in [-0.15, -0.1) is 0 Å². The van der Waals surface area contributed by atoms with Crippen LogP contribution < -0.4 is 9.62 Å². The molecule has 2 aromatic rings. The van der Waals surface area contributed by atoms with Crippen molar-refractivity contribution >= 4 is 27.5 Å². The van der Waals surface area contributed by atoms with Crippen LogP contribution in [0.5, 0.6) is 0 Å². The number of rotatable bonds is 12. The predicted octanol–water partition coefficient (Wildman–Crippen LogP) is 4.77. The lowest BCUT2D eigenvalue weighted by Gasteiger charge is -2.33. The fourth-order valence-electron chi connectivity index (χ4n) is 4.86. The van der Waals surface area contributed by atoms with Crippen LogP contribution in [0.25, 0.3) is 0 Å². The van der Waals surface area contributed by atoms with E-state index in [0.29, 0.717) is 17.7 Å². The van der Waals surface area contributed by atoms with E-state index < -0.39 is 27.7 Å². The van der Waals surface area contributed by atoms with E-state index in [0.717, 1.165) is 42.7 Å². The van der Waals surface area contributed by atoms with Crippen molar-refractivity contribution in [3.63, 3.8) is 0 Å². The minimum Gasteiger partial charge on any atom is -0.352 e. The van der Waals surface area contributed by atoms with Gasteiger partial charge in [0.05, 0.1) is 11.9 Å². The van der Waals surface area contributed by atoms with Crippen LogP contribution >= 0.6 is 0 Å². The van der Waals surface area contributed by atoms with E-state index in [1.165, 1.54) is 41.3 Å². The average molecular weight is 550 g/mol. The van der Waals surface area contributed by atoms with Crippen molar-refractivity contribution in [2.45, 2.75) is 76.9 Å². The molecule has 0 aliphatic heterocycles. The summed E-state index contributed by atoms with van der Waals surface area (Å²) in [6, 6.07) is 10.3. The van der Waals surface area contributed by atoms with Crippen LogP contribution in [0.15, 0.2) is 48.5 Å². The van der Waals surface area contributed by atoms with Gasteiger partial charge in [-0.05, 0) is 67.6 Å². The zero-order valence-electron chi connectivity index (χ0n) is 22.0.